The summed E-state index contributed by atoms with van der Waals surface area (Å²) in [4.78, 5) is 21.7. The molecule has 0 bridgehead atoms. The number of pyridine rings is 1. The van der Waals surface area contributed by atoms with Crippen LogP contribution in [0.3, 0.4) is 0 Å². The lowest BCUT2D eigenvalue weighted by Gasteiger charge is -2.11. The second kappa shape index (κ2) is 9.86. The topological polar surface area (TPSA) is 93.4 Å². The number of nitrogens with one attached hydrogen (secondary N) is 2. The van der Waals surface area contributed by atoms with E-state index >= 15 is 0 Å². The van der Waals surface area contributed by atoms with Crippen LogP contribution in [0, 0.1) is 5.82 Å². The van der Waals surface area contributed by atoms with Crippen LogP contribution in [-0.2, 0) is 13.1 Å². The van der Waals surface area contributed by atoms with E-state index in [1.165, 1.54) is 18.5 Å². The molecule has 3 aromatic heterocycles. The third kappa shape index (κ3) is 5.21. The second-order valence-electron chi connectivity index (χ2n) is 7.57. The molecule has 0 radical (unpaired) electrons. The molecule has 0 aliphatic carbocycles. The molecule has 0 saturated carbocycles. The Morgan fingerprint density at radius 2 is 1.79 bits per heavy atom. The first-order valence-electron chi connectivity index (χ1n) is 10.7. The number of imidazole rings is 1. The van der Waals surface area contributed by atoms with Crippen molar-refractivity contribution in [3.63, 3.8) is 0 Å². The summed E-state index contributed by atoms with van der Waals surface area (Å²) in [6.07, 6.45) is 8.64. The smallest absolute Gasteiger partial charge is 0.230 e. The molecule has 0 spiro atoms. The molecule has 168 valence electrons. The van der Waals surface area contributed by atoms with E-state index in [0.29, 0.717) is 24.1 Å². The van der Waals surface area contributed by atoms with Crippen molar-refractivity contribution in [3.8, 4) is 11.4 Å². The van der Waals surface area contributed by atoms with Crippen LogP contribution in [0.25, 0.3) is 11.4 Å². The molecular formula is C25H21FN8. The van der Waals surface area contributed by atoms with Crippen molar-refractivity contribution < 1.29 is 4.39 Å². The van der Waals surface area contributed by atoms with Crippen LogP contribution in [0.2, 0.25) is 0 Å². The van der Waals surface area contributed by atoms with E-state index in [9.17, 15) is 4.39 Å². The van der Waals surface area contributed by atoms with E-state index in [0.717, 1.165) is 28.9 Å². The van der Waals surface area contributed by atoms with Gasteiger partial charge in [0.1, 0.15) is 18.0 Å². The Kier molecular flexibility index (Phi) is 6.15. The normalized spacial score (nSPS) is 10.7. The van der Waals surface area contributed by atoms with Gasteiger partial charge in [0.25, 0.3) is 0 Å². The molecule has 34 heavy (non-hydrogen) atoms. The Hall–Kier alpha value is -4.66. The van der Waals surface area contributed by atoms with Gasteiger partial charge in [0.2, 0.25) is 5.95 Å². The van der Waals surface area contributed by atoms with Gasteiger partial charge in [-0.15, -0.1) is 0 Å². The van der Waals surface area contributed by atoms with Gasteiger partial charge in [-0.25, -0.2) is 24.3 Å². The molecule has 5 rings (SSSR count). The van der Waals surface area contributed by atoms with Gasteiger partial charge < -0.3 is 15.2 Å². The summed E-state index contributed by atoms with van der Waals surface area (Å²) in [6.45, 7) is 1.21. The second-order valence-corrected chi connectivity index (χ2v) is 7.57. The number of hydrogen-bond acceptors (Lipinski definition) is 7. The van der Waals surface area contributed by atoms with E-state index in [1.807, 2.05) is 41.1 Å². The van der Waals surface area contributed by atoms with Crippen LogP contribution < -0.4 is 10.6 Å². The standard InChI is InChI=1S/C25H21FN8/c26-20-8-6-18(7-9-20)14-29-23-22(5-2-10-28-23)24-30-16-31-25(33-24)32-21-4-1-3-19(13-21)15-34-12-11-27-17-34/h1-13,16-17H,14-15H2,(H,28,29)(H,30,31,32,33). The molecule has 3 heterocycles. The molecule has 0 fully saturated rings. The van der Waals surface area contributed by atoms with E-state index in [1.54, 1.807) is 30.9 Å². The fourth-order valence-corrected chi connectivity index (χ4v) is 3.47. The minimum atomic E-state index is -0.264. The van der Waals surface area contributed by atoms with Crippen molar-refractivity contribution >= 4 is 17.5 Å². The van der Waals surface area contributed by atoms with Gasteiger partial charge in [0.05, 0.1) is 11.9 Å². The SMILES string of the molecule is Fc1ccc(CNc2ncccc2-c2ncnc(Nc3cccc(Cn4ccnc4)c3)n2)cc1. The van der Waals surface area contributed by atoms with Gasteiger partial charge in [-0.1, -0.05) is 24.3 Å². The van der Waals surface area contributed by atoms with Crippen molar-refractivity contribution in [2.75, 3.05) is 10.6 Å². The molecule has 0 aliphatic heterocycles. The van der Waals surface area contributed by atoms with Crippen molar-refractivity contribution in [3.05, 3.63) is 109 Å². The maximum Gasteiger partial charge on any atom is 0.230 e. The minimum Gasteiger partial charge on any atom is -0.365 e. The Morgan fingerprint density at radius 3 is 2.65 bits per heavy atom. The summed E-state index contributed by atoms with van der Waals surface area (Å²) in [6, 6.07) is 18.1. The number of benzene rings is 2. The maximum absolute atomic E-state index is 13.2. The fraction of sp³-hybridized carbons (Fsp3) is 0.0800. The molecule has 5 aromatic rings. The van der Waals surface area contributed by atoms with Crippen molar-refractivity contribution in [2.45, 2.75) is 13.1 Å². The van der Waals surface area contributed by atoms with Gasteiger partial charge in [-0.2, -0.15) is 4.98 Å². The minimum absolute atomic E-state index is 0.264. The Bertz CT molecular complexity index is 1370. The van der Waals surface area contributed by atoms with Crippen LogP contribution >= 0.6 is 0 Å². The highest BCUT2D eigenvalue weighted by molar-refractivity contribution is 5.70. The highest BCUT2D eigenvalue weighted by Gasteiger charge is 2.11. The van der Waals surface area contributed by atoms with Gasteiger partial charge >= 0.3 is 0 Å². The van der Waals surface area contributed by atoms with Crippen LogP contribution in [-0.4, -0.2) is 29.5 Å². The first-order chi connectivity index (χ1) is 16.7. The first-order valence-corrected chi connectivity index (χ1v) is 10.7. The average molecular weight is 452 g/mol. The average Bonchev–Trinajstić information content (AvgIpc) is 3.37. The molecule has 0 aliphatic rings. The summed E-state index contributed by atoms with van der Waals surface area (Å²) in [5.74, 6) is 1.28. The largest absolute Gasteiger partial charge is 0.365 e. The van der Waals surface area contributed by atoms with Crippen LogP contribution in [0.4, 0.5) is 21.8 Å². The molecule has 2 aromatic carbocycles. The Morgan fingerprint density at radius 1 is 0.882 bits per heavy atom. The summed E-state index contributed by atoms with van der Waals surface area (Å²) < 4.78 is 15.2. The third-order valence-corrected chi connectivity index (χ3v) is 5.10. The number of aromatic nitrogens is 6. The maximum atomic E-state index is 13.2. The monoisotopic (exact) mass is 452 g/mol. The zero-order valence-corrected chi connectivity index (χ0v) is 18.1. The van der Waals surface area contributed by atoms with E-state index in [4.69, 9.17) is 0 Å². The van der Waals surface area contributed by atoms with Gasteiger partial charge in [-0.3, -0.25) is 0 Å². The van der Waals surface area contributed by atoms with Gasteiger partial charge in [0, 0.05) is 37.4 Å². The lowest BCUT2D eigenvalue weighted by atomic mass is 10.2. The fourth-order valence-electron chi connectivity index (χ4n) is 3.47. The third-order valence-electron chi connectivity index (χ3n) is 5.10. The number of hydrogen-bond donors (Lipinski definition) is 2. The molecular weight excluding hydrogens is 431 g/mol. The quantitative estimate of drug-likeness (QED) is 0.353. The van der Waals surface area contributed by atoms with E-state index in [-0.39, 0.29) is 5.82 Å². The molecule has 8 nitrogen and oxygen atoms in total. The van der Waals surface area contributed by atoms with E-state index in [2.05, 4.69) is 41.6 Å². The van der Waals surface area contributed by atoms with Crippen LogP contribution in [0.5, 0.6) is 0 Å². The Labute approximate surface area is 195 Å². The zero-order chi connectivity index (χ0) is 23.2. The number of halogens is 1. The molecule has 9 heteroatoms. The summed E-state index contributed by atoms with van der Waals surface area (Å²) in [5, 5.41) is 6.54. The van der Waals surface area contributed by atoms with Crippen LogP contribution in [0.1, 0.15) is 11.1 Å². The molecule has 0 amide bonds. The molecule has 2 N–H and O–H groups in total. The van der Waals surface area contributed by atoms with Crippen molar-refractivity contribution in [2.24, 2.45) is 0 Å². The Balaban J connectivity index is 1.33. The van der Waals surface area contributed by atoms with Crippen LogP contribution in [0.15, 0.2) is 91.9 Å². The number of anilines is 3. The highest BCUT2D eigenvalue weighted by Crippen LogP contribution is 2.24. The zero-order valence-electron chi connectivity index (χ0n) is 18.1. The molecule has 0 atom stereocenters. The first kappa shape index (κ1) is 21.2. The molecule has 0 unspecified atom stereocenters. The summed E-state index contributed by atoms with van der Waals surface area (Å²) in [7, 11) is 0. The predicted octanol–water partition coefficient (Wildman–Crippen LogP) is 4.67. The number of rotatable bonds is 8. The summed E-state index contributed by atoms with van der Waals surface area (Å²) in [5.41, 5.74) is 3.67. The highest BCUT2D eigenvalue weighted by atomic mass is 19.1. The molecule has 0 saturated heterocycles. The summed E-state index contributed by atoms with van der Waals surface area (Å²) >= 11 is 0. The van der Waals surface area contributed by atoms with E-state index < -0.39 is 0 Å². The lowest BCUT2D eigenvalue weighted by Crippen LogP contribution is -2.05. The van der Waals surface area contributed by atoms with Crippen molar-refractivity contribution in [1.82, 2.24) is 29.5 Å². The predicted molar refractivity (Wildman–Crippen MR) is 128 cm³/mol. The van der Waals surface area contributed by atoms with Gasteiger partial charge in [-0.05, 0) is 47.5 Å². The van der Waals surface area contributed by atoms with Crippen molar-refractivity contribution in [1.29, 1.82) is 0 Å². The van der Waals surface area contributed by atoms with Gasteiger partial charge in [0.15, 0.2) is 5.82 Å². The number of nitrogens with zero attached hydrogens (tertiary/aromatic N) is 6. The lowest BCUT2D eigenvalue weighted by molar-refractivity contribution is 0.627.